The van der Waals surface area contributed by atoms with Crippen molar-refractivity contribution >= 4 is 5.69 Å². The lowest BCUT2D eigenvalue weighted by Gasteiger charge is -2.40. The van der Waals surface area contributed by atoms with E-state index in [1.807, 2.05) is 6.20 Å². The Labute approximate surface area is 116 Å². The lowest BCUT2D eigenvalue weighted by Crippen LogP contribution is -2.51. The van der Waals surface area contributed by atoms with Gasteiger partial charge in [0.05, 0.1) is 0 Å². The summed E-state index contributed by atoms with van der Waals surface area (Å²) in [6.07, 6.45) is 2.03. The number of anilines is 1. The Hall–Kier alpha value is -1.13. The summed E-state index contributed by atoms with van der Waals surface area (Å²) in [5.41, 5.74) is 3.76. The minimum atomic E-state index is 0.556. The molecule has 1 aliphatic rings. The van der Waals surface area contributed by atoms with Crippen molar-refractivity contribution in [3.63, 3.8) is 0 Å². The van der Waals surface area contributed by atoms with Gasteiger partial charge in [0.25, 0.3) is 0 Å². The summed E-state index contributed by atoms with van der Waals surface area (Å²) in [6.45, 7) is 11.8. The van der Waals surface area contributed by atoms with E-state index in [0.717, 1.165) is 38.4 Å². The van der Waals surface area contributed by atoms with Crippen molar-refractivity contribution in [3.8, 4) is 0 Å². The third-order valence-corrected chi connectivity index (χ3v) is 3.80. The predicted octanol–water partition coefficient (Wildman–Crippen LogP) is 1.64. The zero-order valence-corrected chi connectivity index (χ0v) is 12.6. The Morgan fingerprint density at radius 2 is 2.21 bits per heavy atom. The van der Waals surface area contributed by atoms with Gasteiger partial charge in [-0.1, -0.05) is 6.92 Å². The number of piperazine rings is 1. The van der Waals surface area contributed by atoms with E-state index < -0.39 is 0 Å². The molecule has 0 saturated carbocycles. The summed E-state index contributed by atoms with van der Waals surface area (Å²) < 4.78 is 0. The molecule has 1 N–H and O–H groups in total. The van der Waals surface area contributed by atoms with E-state index in [4.69, 9.17) is 0 Å². The molecule has 0 spiro atoms. The third-order valence-electron chi connectivity index (χ3n) is 3.80. The van der Waals surface area contributed by atoms with Gasteiger partial charge >= 0.3 is 0 Å². The van der Waals surface area contributed by atoms with Crippen LogP contribution in [0.1, 0.15) is 25.1 Å². The minimum absolute atomic E-state index is 0.556. The molecule has 1 saturated heterocycles. The molecule has 1 aliphatic heterocycles. The van der Waals surface area contributed by atoms with Crippen LogP contribution >= 0.6 is 0 Å². The average Bonchev–Trinajstić information content (AvgIpc) is 2.37. The van der Waals surface area contributed by atoms with Crippen LogP contribution in [0.25, 0.3) is 0 Å². The lowest BCUT2D eigenvalue weighted by molar-refractivity contribution is 0.275. The molecule has 1 unspecified atom stereocenters. The Bertz CT molecular complexity index is 419. The van der Waals surface area contributed by atoms with E-state index in [2.05, 4.69) is 54.0 Å². The van der Waals surface area contributed by atoms with Crippen LogP contribution in [0.4, 0.5) is 5.69 Å². The minimum Gasteiger partial charge on any atom is -0.366 e. The highest BCUT2D eigenvalue weighted by Crippen LogP contribution is 2.25. The molecule has 4 nitrogen and oxygen atoms in total. The van der Waals surface area contributed by atoms with Gasteiger partial charge in [0.1, 0.15) is 0 Å². The standard InChI is InChI=1S/C15H26N4/c1-5-16-9-14-10-17-12(2)8-15(14)19-7-6-18(4)11-13(19)3/h8,10,13,16H,5-7,9,11H2,1-4H3. The van der Waals surface area contributed by atoms with Crippen molar-refractivity contribution in [1.82, 2.24) is 15.2 Å². The van der Waals surface area contributed by atoms with Gasteiger partial charge in [0, 0.05) is 55.4 Å². The van der Waals surface area contributed by atoms with Gasteiger partial charge in [-0.05, 0) is 33.5 Å². The first-order valence-electron chi connectivity index (χ1n) is 7.23. The lowest BCUT2D eigenvalue weighted by atomic mass is 10.1. The molecule has 106 valence electrons. The summed E-state index contributed by atoms with van der Waals surface area (Å²) >= 11 is 0. The van der Waals surface area contributed by atoms with Crippen molar-refractivity contribution in [2.45, 2.75) is 33.4 Å². The second-order valence-electron chi connectivity index (χ2n) is 5.54. The number of hydrogen-bond acceptors (Lipinski definition) is 4. The van der Waals surface area contributed by atoms with E-state index in [1.54, 1.807) is 0 Å². The van der Waals surface area contributed by atoms with Gasteiger partial charge in [-0.25, -0.2) is 0 Å². The number of aryl methyl sites for hydroxylation is 1. The Balaban J connectivity index is 2.23. The molecule has 0 amide bonds. The maximum Gasteiger partial charge on any atom is 0.0448 e. The fraction of sp³-hybridized carbons (Fsp3) is 0.667. The number of nitrogens with zero attached hydrogens (tertiary/aromatic N) is 3. The summed E-state index contributed by atoms with van der Waals surface area (Å²) in [6, 6.07) is 2.79. The van der Waals surface area contributed by atoms with Crippen LogP contribution in [-0.4, -0.2) is 49.2 Å². The van der Waals surface area contributed by atoms with E-state index in [-0.39, 0.29) is 0 Å². The molecule has 1 aromatic heterocycles. The van der Waals surface area contributed by atoms with Crippen LogP contribution in [0, 0.1) is 6.92 Å². The molecule has 2 rings (SSSR count). The molecule has 1 atom stereocenters. The quantitative estimate of drug-likeness (QED) is 0.894. The van der Waals surface area contributed by atoms with Crippen LogP contribution in [0.15, 0.2) is 12.3 Å². The maximum atomic E-state index is 4.45. The van der Waals surface area contributed by atoms with E-state index in [1.165, 1.54) is 11.3 Å². The normalized spacial score (nSPS) is 20.8. The highest BCUT2D eigenvalue weighted by molar-refractivity contribution is 5.55. The number of pyridine rings is 1. The molecular formula is C15H26N4. The van der Waals surface area contributed by atoms with Gasteiger partial charge in [-0.2, -0.15) is 0 Å². The maximum absolute atomic E-state index is 4.45. The van der Waals surface area contributed by atoms with Crippen molar-refractivity contribution in [2.24, 2.45) is 0 Å². The summed E-state index contributed by atoms with van der Waals surface area (Å²) in [7, 11) is 2.20. The Morgan fingerprint density at radius 3 is 2.89 bits per heavy atom. The number of nitrogens with one attached hydrogen (secondary N) is 1. The van der Waals surface area contributed by atoms with Crippen molar-refractivity contribution in [3.05, 3.63) is 23.5 Å². The van der Waals surface area contributed by atoms with E-state index in [9.17, 15) is 0 Å². The molecule has 1 fully saturated rings. The highest BCUT2D eigenvalue weighted by Gasteiger charge is 2.23. The van der Waals surface area contributed by atoms with Crippen LogP contribution in [0.3, 0.4) is 0 Å². The first kappa shape index (κ1) is 14.3. The van der Waals surface area contributed by atoms with Gasteiger partial charge in [-0.15, -0.1) is 0 Å². The Kier molecular flexibility index (Phi) is 4.77. The van der Waals surface area contributed by atoms with Gasteiger partial charge in [0.15, 0.2) is 0 Å². The van der Waals surface area contributed by atoms with Crippen molar-refractivity contribution in [2.75, 3.05) is 38.1 Å². The number of aromatic nitrogens is 1. The monoisotopic (exact) mass is 262 g/mol. The van der Waals surface area contributed by atoms with Crippen LogP contribution in [-0.2, 0) is 6.54 Å². The Morgan fingerprint density at radius 1 is 1.42 bits per heavy atom. The predicted molar refractivity (Wildman–Crippen MR) is 80.7 cm³/mol. The smallest absolute Gasteiger partial charge is 0.0448 e. The first-order chi connectivity index (χ1) is 9.11. The van der Waals surface area contributed by atoms with Crippen LogP contribution in [0.2, 0.25) is 0 Å². The molecule has 0 radical (unpaired) electrons. The van der Waals surface area contributed by atoms with E-state index >= 15 is 0 Å². The van der Waals surface area contributed by atoms with Gasteiger partial charge < -0.3 is 15.1 Å². The van der Waals surface area contributed by atoms with Gasteiger partial charge in [0.2, 0.25) is 0 Å². The molecule has 0 aliphatic carbocycles. The first-order valence-corrected chi connectivity index (χ1v) is 7.23. The second-order valence-corrected chi connectivity index (χ2v) is 5.54. The molecule has 4 heteroatoms. The van der Waals surface area contributed by atoms with Gasteiger partial charge in [-0.3, -0.25) is 4.98 Å². The topological polar surface area (TPSA) is 31.4 Å². The molecule has 19 heavy (non-hydrogen) atoms. The summed E-state index contributed by atoms with van der Waals surface area (Å²) in [4.78, 5) is 9.38. The summed E-state index contributed by atoms with van der Waals surface area (Å²) in [5.74, 6) is 0. The zero-order valence-electron chi connectivity index (χ0n) is 12.6. The SMILES string of the molecule is CCNCc1cnc(C)cc1N1CCN(C)CC1C. The van der Waals surface area contributed by atoms with Crippen LogP contribution < -0.4 is 10.2 Å². The fourth-order valence-corrected chi connectivity index (χ4v) is 2.73. The number of hydrogen-bond donors (Lipinski definition) is 1. The van der Waals surface area contributed by atoms with E-state index in [0.29, 0.717) is 6.04 Å². The molecule has 0 aromatic carbocycles. The van der Waals surface area contributed by atoms with Crippen molar-refractivity contribution < 1.29 is 0 Å². The molecule has 1 aromatic rings. The number of likely N-dealkylation sites (N-methyl/N-ethyl adjacent to an activating group) is 1. The van der Waals surface area contributed by atoms with Crippen LogP contribution in [0.5, 0.6) is 0 Å². The highest BCUT2D eigenvalue weighted by atomic mass is 15.3. The zero-order chi connectivity index (χ0) is 13.8. The fourth-order valence-electron chi connectivity index (χ4n) is 2.73. The van der Waals surface area contributed by atoms with Crippen molar-refractivity contribution in [1.29, 1.82) is 0 Å². The largest absolute Gasteiger partial charge is 0.366 e. The number of rotatable bonds is 4. The molecule has 0 bridgehead atoms. The second kappa shape index (κ2) is 6.35. The average molecular weight is 262 g/mol. The molecular weight excluding hydrogens is 236 g/mol. The molecule has 2 heterocycles. The summed E-state index contributed by atoms with van der Waals surface area (Å²) in [5, 5.41) is 3.41. The third kappa shape index (κ3) is 3.45.